The minimum absolute atomic E-state index is 0.0482. The maximum Gasteiger partial charge on any atom is 0.416 e. The van der Waals surface area contributed by atoms with Gasteiger partial charge in [0.15, 0.2) is 0 Å². The van der Waals surface area contributed by atoms with E-state index in [0.29, 0.717) is 0 Å². The summed E-state index contributed by atoms with van der Waals surface area (Å²) in [4.78, 5) is 0. The van der Waals surface area contributed by atoms with Crippen LogP contribution >= 0.6 is 0 Å². The van der Waals surface area contributed by atoms with Gasteiger partial charge in [0.05, 0.1) is 18.5 Å². The number of alkyl halides is 3. The molecule has 1 N–H and O–H groups in total. The molecule has 0 saturated heterocycles. The number of rotatable bonds is 3. The van der Waals surface area contributed by atoms with E-state index in [1.54, 1.807) is 0 Å². The summed E-state index contributed by atoms with van der Waals surface area (Å²) in [6.07, 6.45) is -4.58. The first kappa shape index (κ1) is 12.7. The highest BCUT2D eigenvalue weighted by Gasteiger charge is 2.32. The van der Waals surface area contributed by atoms with Crippen LogP contribution in [0.3, 0.4) is 0 Å². The molecule has 1 nitrogen and oxygen atoms in total. The Balaban J connectivity index is 3.05. The van der Waals surface area contributed by atoms with Gasteiger partial charge in [-0.3, -0.25) is 0 Å². The topological polar surface area (TPSA) is 20.2 Å². The second-order valence-electron chi connectivity index (χ2n) is 3.26. The molecule has 0 aliphatic heterocycles. The van der Waals surface area contributed by atoms with Crippen molar-refractivity contribution in [1.29, 1.82) is 0 Å². The van der Waals surface area contributed by atoms with E-state index in [0.717, 1.165) is 6.07 Å². The highest BCUT2D eigenvalue weighted by Crippen LogP contribution is 2.32. The fourth-order valence-electron chi connectivity index (χ4n) is 1.32. The molecule has 1 rings (SSSR count). The predicted molar refractivity (Wildman–Crippen MR) is 51.4 cm³/mol. The number of hydrogen-bond acceptors (Lipinski definition) is 1. The summed E-state index contributed by atoms with van der Waals surface area (Å²) in [7, 11) is 0. The van der Waals surface area contributed by atoms with Crippen LogP contribution in [0.15, 0.2) is 36.2 Å². The van der Waals surface area contributed by atoms with Gasteiger partial charge in [0.1, 0.15) is 0 Å². The number of benzene rings is 1. The Morgan fingerprint density at radius 1 is 1.25 bits per heavy atom. The standard InChI is InChI=1S/C11H10F4O/c12-6-8(7-16)5-9-3-1-2-4-10(9)11(13,14)15/h1-4,6,16H,5,7H2. The van der Waals surface area contributed by atoms with Crippen LogP contribution in [0.1, 0.15) is 11.1 Å². The van der Waals surface area contributed by atoms with Gasteiger partial charge in [-0.25, -0.2) is 4.39 Å². The largest absolute Gasteiger partial charge is 0.416 e. The smallest absolute Gasteiger partial charge is 0.392 e. The molecule has 0 radical (unpaired) electrons. The van der Waals surface area contributed by atoms with E-state index in [1.807, 2.05) is 0 Å². The maximum atomic E-state index is 12.5. The maximum absolute atomic E-state index is 12.5. The molecular weight excluding hydrogens is 224 g/mol. The van der Waals surface area contributed by atoms with Crippen molar-refractivity contribution >= 4 is 0 Å². The number of aliphatic hydroxyl groups excluding tert-OH is 1. The Kier molecular flexibility index (Phi) is 4.06. The minimum Gasteiger partial charge on any atom is -0.392 e. The molecule has 0 atom stereocenters. The lowest BCUT2D eigenvalue weighted by Crippen LogP contribution is -2.10. The fourth-order valence-corrected chi connectivity index (χ4v) is 1.32. The quantitative estimate of drug-likeness (QED) is 0.797. The van der Waals surface area contributed by atoms with Gasteiger partial charge in [0.25, 0.3) is 0 Å². The molecule has 1 aromatic rings. The summed E-state index contributed by atoms with van der Waals surface area (Å²) in [5.74, 6) is 0. The van der Waals surface area contributed by atoms with E-state index >= 15 is 0 Å². The van der Waals surface area contributed by atoms with Crippen molar-refractivity contribution < 1.29 is 22.7 Å². The molecule has 88 valence electrons. The van der Waals surface area contributed by atoms with Crippen LogP contribution in [0.4, 0.5) is 17.6 Å². The van der Waals surface area contributed by atoms with Crippen molar-refractivity contribution in [2.75, 3.05) is 6.61 Å². The van der Waals surface area contributed by atoms with E-state index in [2.05, 4.69) is 0 Å². The lowest BCUT2D eigenvalue weighted by Gasteiger charge is -2.12. The van der Waals surface area contributed by atoms with Crippen molar-refractivity contribution in [3.05, 3.63) is 47.3 Å². The van der Waals surface area contributed by atoms with Gasteiger partial charge in [-0.05, 0) is 23.6 Å². The van der Waals surface area contributed by atoms with Crippen LogP contribution < -0.4 is 0 Å². The van der Waals surface area contributed by atoms with Gasteiger partial charge in [0.2, 0.25) is 0 Å². The third-order valence-corrected chi connectivity index (χ3v) is 2.10. The van der Waals surface area contributed by atoms with E-state index in [4.69, 9.17) is 5.11 Å². The molecule has 0 spiro atoms. The first-order valence-corrected chi connectivity index (χ1v) is 4.53. The summed E-state index contributed by atoms with van der Waals surface area (Å²) in [6.45, 7) is -0.595. The second-order valence-corrected chi connectivity index (χ2v) is 3.26. The molecule has 5 heteroatoms. The fraction of sp³-hybridized carbons (Fsp3) is 0.273. The molecule has 0 amide bonds. The van der Waals surface area contributed by atoms with Crippen LogP contribution in [0.2, 0.25) is 0 Å². The zero-order valence-electron chi connectivity index (χ0n) is 8.26. The lowest BCUT2D eigenvalue weighted by atomic mass is 10.0. The highest BCUT2D eigenvalue weighted by molar-refractivity contribution is 5.32. The summed E-state index contributed by atoms with van der Waals surface area (Å²) < 4.78 is 49.8. The minimum atomic E-state index is -4.46. The Morgan fingerprint density at radius 2 is 1.88 bits per heavy atom. The van der Waals surface area contributed by atoms with Crippen LogP contribution in [-0.4, -0.2) is 11.7 Å². The molecular formula is C11H10F4O. The van der Waals surface area contributed by atoms with E-state index in [1.165, 1.54) is 18.2 Å². The van der Waals surface area contributed by atoms with Crippen LogP contribution in [0.5, 0.6) is 0 Å². The molecule has 0 aliphatic carbocycles. The Labute approximate surface area is 90.0 Å². The summed E-state index contributed by atoms with van der Waals surface area (Å²) in [5, 5.41) is 8.69. The zero-order chi connectivity index (χ0) is 12.2. The Morgan fingerprint density at radius 3 is 2.38 bits per heavy atom. The van der Waals surface area contributed by atoms with Gasteiger partial charge in [-0.2, -0.15) is 13.2 Å². The molecule has 0 fully saturated rings. The Hall–Kier alpha value is -1.36. The van der Waals surface area contributed by atoms with Gasteiger partial charge >= 0.3 is 6.18 Å². The molecule has 16 heavy (non-hydrogen) atoms. The summed E-state index contributed by atoms with van der Waals surface area (Å²) in [5.41, 5.74) is -0.938. The SMILES string of the molecule is OCC(=CF)Cc1ccccc1C(F)(F)F. The van der Waals surface area contributed by atoms with Crippen LogP contribution in [0.25, 0.3) is 0 Å². The van der Waals surface area contributed by atoms with Gasteiger partial charge in [-0.1, -0.05) is 18.2 Å². The molecule has 0 aliphatic rings. The zero-order valence-corrected chi connectivity index (χ0v) is 8.26. The number of halogens is 4. The molecule has 0 unspecified atom stereocenters. The summed E-state index contributed by atoms with van der Waals surface area (Å²) in [6, 6.07) is 4.91. The van der Waals surface area contributed by atoms with Crippen molar-refractivity contribution in [2.45, 2.75) is 12.6 Å². The Bertz CT molecular complexity index is 382. The molecule has 0 bridgehead atoms. The predicted octanol–water partition coefficient (Wildman–Crippen LogP) is 3.09. The van der Waals surface area contributed by atoms with Crippen LogP contribution in [-0.2, 0) is 12.6 Å². The third kappa shape index (κ3) is 3.06. The molecule has 0 heterocycles. The van der Waals surface area contributed by atoms with Crippen molar-refractivity contribution in [2.24, 2.45) is 0 Å². The lowest BCUT2D eigenvalue weighted by molar-refractivity contribution is -0.138. The van der Waals surface area contributed by atoms with Crippen molar-refractivity contribution in [1.82, 2.24) is 0 Å². The molecule has 0 saturated carbocycles. The van der Waals surface area contributed by atoms with E-state index < -0.39 is 18.3 Å². The normalized spacial score (nSPS) is 12.9. The van der Waals surface area contributed by atoms with E-state index in [9.17, 15) is 17.6 Å². The third-order valence-electron chi connectivity index (χ3n) is 2.10. The van der Waals surface area contributed by atoms with E-state index in [-0.39, 0.29) is 23.9 Å². The first-order chi connectivity index (χ1) is 7.49. The van der Waals surface area contributed by atoms with Crippen molar-refractivity contribution in [3.8, 4) is 0 Å². The number of aliphatic hydroxyl groups is 1. The molecule has 1 aromatic carbocycles. The van der Waals surface area contributed by atoms with Gasteiger partial charge < -0.3 is 5.11 Å². The first-order valence-electron chi connectivity index (χ1n) is 4.53. The summed E-state index contributed by atoms with van der Waals surface area (Å²) >= 11 is 0. The molecule has 0 aromatic heterocycles. The second kappa shape index (κ2) is 5.12. The average molecular weight is 234 g/mol. The monoisotopic (exact) mass is 234 g/mol. The van der Waals surface area contributed by atoms with Gasteiger partial charge in [-0.15, -0.1) is 0 Å². The average Bonchev–Trinajstić information content (AvgIpc) is 2.25. The van der Waals surface area contributed by atoms with Crippen molar-refractivity contribution in [3.63, 3.8) is 0 Å². The number of hydrogen-bond donors (Lipinski definition) is 1. The highest BCUT2D eigenvalue weighted by atomic mass is 19.4. The van der Waals surface area contributed by atoms with Crippen LogP contribution in [0, 0.1) is 0 Å². The van der Waals surface area contributed by atoms with Gasteiger partial charge in [0, 0.05) is 0 Å².